The summed E-state index contributed by atoms with van der Waals surface area (Å²) in [7, 11) is 7.15. The molecule has 2 N–H and O–H groups in total. The quantitative estimate of drug-likeness (QED) is 0.520. The Morgan fingerprint density at radius 2 is 1.68 bits per heavy atom. The molecular formula is C26H33N5O3. The molecule has 0 aliphatic heterocycles. The first-order valence-corrected chi connectivity index (χ1v) is 11.7. The van der Waals surface area contributed by atoms with Crippen molar-refractivity contribution in [3.8, 4) is 11.5 Å². The largest absolute Gasteiger partial charge is 0.497 e. The second-order valence-electron chi connectivity index (χ2n) is 8.96. The Morgan fingerprint density at radius 3 is 2.32 bits per heavy atom. The molecule has 1 heterocycles. The van der Waals surface area contributed by atoms with E-state index in [9.17, 15) is 4.79 Å². The molecule has 2 aromatic carbocycles. The van der Waals surface area contributed by atoms with Gasteiger partial charge in [0.2, 0.25) is 5.95 Å². The minimum Gasteiger partial charge on any atom is -0.497 e. The number of aromatic nitrogens is 2. The molecule has 180 valence electrons. The molecule has 1 saturated carbocycles. The highest BCUT2D eigenvalue weighted by molar-refractivity contribution is 5.95. The number of carbonyl (C=O) groups is 1. The number of benzene rings is 2. The fraction of sp³-hybridized carbons (Fsp3) is 0.423. The molecule has 0 unspecified atom stereocenters. The zero-order valence-corrected chi connectivity index (χ0v) is 20.3. The minimum absolute atomic E-state index is 0.113. The molecular weight excluding hydrogens is 430 g/mol. The molecule has 0 bridgehead atoms. The Labute approximate surface area is 200 Å². The summed E-state index contributed by atoms with van der Waals surface area (Å²) in [5.41, 5.74) is 1.48. The van der Waals surface area contributed by atoms with Crippen LogP contribution in [0.1, 0.15) is 36.0 Å². The number of carbonyl (C=O) groups excluding carboxylic acids is 1. The highest BCUT2D eigenvalue weighted by atomic mass is 16.5. The van der Waals surface area contributed by atoms with Crippen molar-refractivity contribution >= 4 is 28.6 Å². The van der Waals surface area contributed by atoms with Gasteiger partial charge in [0.15, 0.2) is 0 Å². The molecule has 0 radical (unpaired) electrons. The Bertz CT molecular complexity index is 1120. The van der Waals surface area contributed by atoms with E-state index in [1.54, 1.807) is 32.4 Å². The van der Waals surface area contributed by atoms with Gasteiger partial charge in [0.1, 0.15) is 17.3 Å². The van der Waals surface area contributed by atoms with Crippen LogP contribution in [0.15, 0.2) is 42.5 Å². The molecule has 0 saturated heterocycles. The number of methoxy groups -OCH3 is 2. The summed E-state index contributed by atoms with van der Waals surface area (Å²) in [6, 6.07) is 13.6. The topological polar surface area (TPSA) is 88.6 Å². The van der Waals surface area contributed by atoms with Gasteiger partial charge in [-0.1, -0.05) is 12.1 Å². The summed E-state index contributed by atoms with van der Waals surface area (Å²) in [5, 5.41) is 7.66. The van der Waals surface area contributed by atoms with Gasteiger partial charge in [-0.15, -0.1) is 0 Å². The monoisotopic (exact) mass is 463 g/mol. The van der Waals surface area contributed by atoms with Crippen LogP contribution in [0.2, 0.25) is 0 Å². The summed E-state index contributed by atoms with van der Waals surface area (Å²) in [6.45, 7) is 0.655. The first-order chi connectivity index (χ1) is 16.5. The van der Waals surface area contributed by atoms with E-state index in [2.05, 4.69) is 16.7 Å². The summed E-state index contributed by atoms with van der Waals surface area (Å²) < 4.78 is 10.5. The first kappa shape index (κ1) is 23.6. The van der Waals surface area contributed by atoms with Crippen molar-refractivity contribution in [1.82, 2.24) is 15.3 Å². The molecule has 8 nitrogen and oxygen atoms in total. The molecule has 1 amide bonds. The van der Waals surface area contributed by atoms with Gasteiger partial charge in [0, 0.05) is 43.7 Å². The number of ether oxygens (including phenoxy) is 2. The predicted molar refractivity (Wildman–Crippen MR) is 135 cm³/mol. The highest BCUT2D eigenvalue weighted by Gasteiger charge is 2.23. The average molecular weight is 464 g/mol. The van der Waals surface area contributed by atoms with Gasteiger partial charge in [-0.05, 0) is 55.9 Å². The lowest BCUT2D eigenvalue weighted by atomic mass is 9.86. The maximum Gasteiger partial charge on any atom is 0.251 e. The Morgan fingerprint density at radius 1 is 1.00 bits per heavy atom. The zero-order chi connectivity index (χ0) is 24.1. The van der Waals surface area contributed by atoms with E-state index in [1.807, 2.05) is 37.2 Å². The summed E-state index contributed by atoms with van der Waals surface area (Å²) in [5.74, 6) is 3.13. The predicted octanol–water partition coefficient (Wildman–Crippen LogP) is 4.11. The third-order valence-corrected chi connectivity index (χ3v) is 6.35. The van der Waals surface area contributed by atoms with Crippen LogP contribution in [0.5, 0.6) is 11.5 Å². The van der Waals surface area contributed by atoms with E-state index in [1.165, 1.54) is 0 Å². The second-order valence-corrected chi connectivity index (χ2v) is 8.96. The van der Waals surface area contributed by atoms with Crippen LogP contribution in [-0.4, -0.2) is 56.8 Å². The van der Waals surface area contributed by atoms with Crippen molar-refractivity contribution in [3.05, 3.63) is 48.0 Å². The van der Waals surface area contributed by atoms with Gasteiger partial charge >= 0.3 is 0 Å². The van der Waals surface area contributed by atoms with E-state index >= 15 is 0 Å². The Hall–Kier alpha value is -3.55. The van der Waals surface area contributed by atoms with Crippen molar-refractivity contribution in [2.24, 2.45) is 5.92 Å². The maximum absolute atomic E-state index is 12.7. The average Bonchev–Trinajstić information content (AvgIpc) is 2.87. The zero-order valence-electron chi connectivity index (χ0n) is 20.3. The van der Waals surface area contributed by atoms with Crippen LogP contribution in [-0.2, 0) is 0 Å². The SMILES string of the molecule is COc1cc(OC)cc(C(=O)NCC2CCC(Nc3nc(N(C)C)c4ccccc4n3)CC2)c1. The number of nitrogens with zero attached hydrogens (tertiary/aromatic N) is 3. The van der Waals surface area contributed by atoms with Gasteiger partial charge in [0.25, 0.3) is 5.91 Å². The number of anilines is 2. The fourth-order valence-electron chi connectivity index (χ4n) is 4.44. The van der Waals surface area contributed by atoms with Crippen molar-refractivity contribution in [2.45, 2.75) is 31.7 Å². The van der Waals surface area contributed by atoms with Crippen LogP contribution in [0.4, 0.5) is 11.8 Å². The molecule has 0 spiro atoms. The number of nitrogens with one attached hydrogen (secondary N) is 2. The van der Waals surface area contributed by atoms with Gasteiger partial charge in [0.05, 0.1) is 19.7 Å². The van der Waals surface area contributed by atoms with Gasteiger partial charge in [-0.25, -0.2) is 4.98 Å². The van der Waals surface area contributed by atoms with Crippen LogP contribution < -0.4 is 25.0 Å². The minimum atomic E-state index is -0.113. The van der Waals surface area contributed by atoms with Gasteiger partial charge in [-0.2, -0.15) is 4.98 Å². The summed E-state index contributed by atoms with van der Waals surface area (Å²) >= 11 is 0. The molecule has 34 heavy (non-hydrogen) atoms. The standard InChI is InChI=1S/C26H33N5O3/c1-31(2)24-22-7-5-6-8-23(22)29-26(30-24)28-19-11-9-17(10-12-19)16-27-25(32)18-13-20(33-3)15-21(14-18)34-4/h5-8,13-15,17,19H,9-12,16H2,1-4H3,(H,27,32)(H,28,29,30). The van der Waals surface area contributed by atoms with Crippen molar-refractivity contribution < 1.29 is 14.3 Å². The second kappa shape index (κ2) is 10.6. The normalized spacial score (nSPS) is 17.8. The van der Waals surface area contributed by atoms with Crippen molar-refractivity contribution in [1.29, 1.82) is 0 Å². The summed E-state index contributed by atoms with van der Waals surface area (Å²) in [6.07, 6.45) is 4.10. The van der Waals surface area contributed by atoms with Gasteiger partial charge < -0.3 is 25.0 Å². The molecule has 8 heteroatoms. The fourth-order valence-corrected chi connectivity index (χ4v) is 4.44. The van der Waals surface area contributed by atoms with Crippen molar-refractivity contribution in [3.63, 3.8) is 0 Å². The molecule has 1 aliphatic carbocycles. The molecule has 0 atom stereocenters. The number of para-hydroxylation sites is 1. The van der Waals surface area contributed by atoms with Crippen LogP contribution in [0.3, 0.4) is 0 Å². The third kappa shape index (κ3) is 5.50. The number of rotatable bonds is 8. The van der Waals surface area contributed by atoms with Crippen molar-refractivity contribution in [2.75, 3.05) is 45.1 Å². The maximum atomic E-state index is 12.7. The van der Waals surface area contributed by atoms with E-state index < -0.39 is 0 Å². The van der Waals surface area contributed by atoms with E-state index in [0.717, 1.165) is 42.4 Å². The number of hydrogen-bond donors (Lipinski definition) is 2. The van der Waals surface area contributed by atoms with Crippen LogP contribution in [0.25, 0.3) is 10.9 Å². The van der Waals surface area contributed by atoms with Crippen LogP contribution >= 0.6 is 0 Å². The van der Waals surface area contributed by atoms with Gasteiger partial charge in [-0.3, -0.25) is 4.79 Å². The van der Waals surface area contributed by atoms with E-state index in [0.29, 0.717) is 41.5 Å². The number of fused-ring (bicyclic) bond motifs is 1. The number of amides is 1. The molecule has 4 rings (SSSR count). The molecule has 1 aliphatic rings. The molecule has 1 aromatic heterocycles. The van der Waals surface area contributed by atoms with E-state index in [-0.39, 0.29) is 5.91 Å². The molecule has 1 fully saturated rings. The Kier molecular flexibility index (Phi) is 7.35. The highest BCUT2D eigenvalue weighted by Crippen LogP contribution is 2.28. The lowest BCUT2D eigenvalue weighted by Gasteiger charge is -2.29. The third-order valence-electron chi connectivity index (χ3n) is 6.35. The lowest BCUT2D eigenvalue weighted by molar-refractivity contribution is 0.0942. The lowest BCUT2D eigenvalue weighted by Crippen LogP contribution is -2.34. The summed E-state index contributed by atoms with van der Waals surface area (Å²) in [4.78, 5) is 24.2. The van der Waals surface area contributed by atoms with E-state index in [4.69, 9.17) is 19.4 Å². The van der Waals surface area contributed by atoms with Crippen LogP contribution in [0, 0.1) is 5.92 Å². The first-order valence-electron chi connectivity index (χ1n) is 11.7. The Balaban J connectivity index is 1.31. The molecule has 3 aromatic rings. The number of hydrogen-bond acceptors (Lipinski definition) is 7. The smallest absolute Gasteiger partial charge is 0.251 e.